The Labute approximate surface area is 136 Å². The lowest BCUT2D eigenvalue weighted by Gasteiger charge is -2.32. The van der Waals surface area contributed by atoms with Crippen LogP contribution in [0.1, 0.15) is 47.7 Å². The molecule has 0 saturated heterocycles. The van der Waals surface area contributed by atoms with E-state index in [0.717, 1.165) is 19.3 Å². The summed E-state index contributed by atoms with van der Waals surface area (Å²) >= 11 is 0. The second-order valence-electron chi connectivity index (χ2n) is 5.96. The molecule has 2 aromatic rings. The number of rotatable bonds is 4. The van der Waals surface area contributed by atoms with Crippen LogP contribution in [0.4, 0.5) is 0 Å². The highest BCUT2D eigenvalue weighted by atomic mass is 16.5. The van der Waals surface area contributed by atoms with Crippen LogP contribution in [0.15, 0.2) is 48.7 Å². The molecule has 1 fully saturated rings. The fraction of sp³-hybridized carbons (Fsp3) is 0.368. The van der Waals surface area contributed by atoms with Crippen LogP contribution in [0.2, 0.25) is 0 Å². The van der Waals surface area contributed by atoms with Gasteiger partial charge in [0.1, 0.15) is 11.4 Å². The number of carbonyl (C=O) groups excluding carboxylic acids is 1. The van der Waals surface area contributed by atoms with Crippen molar-refractivity contribution in [1.29, 1.82) is 0 Å². The van der Waals surface area contributed by atoms with Gasteiger partial charge in [-0.15, -0.1) is 0 Å². The van der Waals surface area contributed by atoms with E-state index in [-0.39, 0.29) is 11.9 Å². The molecule has 23 heavy (non-hydrogen) atoms. The lowest BCUT2D eigenvalue weighted by Crippen LogP contribution is -2.41. The van der Waals surface area contributed by atoms with Crippen LogP contribution >= 0.6 is 0 Å². The molecule has 1 saturated carbocycles. The highest BCUT2D eigenvalue weighted by molar-refractivity contribution is 5.92. The Balaban J connectivity index is 1.75. The van der Waals surface area contributed by atoms with E-state index in [9.17, 15) is 4.79 Å². The first-order valence-corrected chi connectivity index (χ1v) is 8.14. The molecule has 3 rings (SSSR count). The highest BCUT2D eigenvalue weighted by Gasteiger charge is 2.28. The van der Waals surface area contributed by atoms with Gasteiger partial charge in [0.05, 0.1) is 7.11 Å². The summed E-state index contributed by atoms with van der Waals surface area (Å²) in [5, 5.41) is 3.18. The maximum Gasteiger partial charge on any atom is 0.270 e. The molecule has 1 aliphatic rings. The predicted molar refractivity (Wildman–Crippen MR) is 89.7 cm³/mol. The van der Waals surface area contributed by atoms with E-state index in [1.807, 2.05) is 6.07 Å². The van der Waals surface area contributed by atoms with Crippen LogP contribution < -0.4 is 10.1 Å². The molecular formula is C19H22N2O2. The minimum atomic E-state index is -0.128. The molecule has 0 radical (unpaired) electrons. The standard InChI is InChI=1S/C19H22N2O2/c1-23-15-11-12-20-18(13-15)19(22)21-17-10-6-5-9-16(17)14-7-3-2-4-8-14/h2-4,7-8,11-13,16-17H,5-6,9-10H2,1H3,(H,21,22)/t16-,17+/m0/s1. The molecule has 0 spiro atoms. The van der Waals surface area contributed by atoms with Crippen molar-refractivity contribution in [3.05, 3.63) is 59.9 Å². The first-order chi connectivity index (χ1) is 11.3. The van der Waals surface area contributed by atoms with E-state index in [1.54, 1.807) is 25.4 Å². The predicted octanol–water partition coefficient (Wildman–Crippen LogP) is 3.55. The molecule has 1 heterocycles. The van der Waals surface area contributed by atoms with Gasteiger partial charge in [-0.25, -0.2) is 0 Å². The average Bonchev–Trinajstić information content (AvgIpc) is 2.63. The molecule has 2 atom stereocenters. The van der Waals surface area contributed by atoms with Crippen LogP contribution in [-0.2, 0) is 0 Å². The van der Waals surface area contributed by atoms with Gasteiger partial charge in [-0.1, -0.05) is 43.2 Å². The quantitative estimate of drug-likeness (QED) is 0.939. The van der Waals surface area contributed by atoms with E-state index in [0.29, 0.717) is 17.4 Å². The topological polar surface area (TPSA) is 51.2 Å². The summed E-state index contributed by atoms with van der Waals surface area (Å²) < 4.78 is 5.17. The number of ether oxygens (including phenoxy) is 1. The van der Waals surface area contributed by atoms with Crippen LogP contribution in [0.25, 0.3) is 0 Å². The van der Waals surface area contributed by atoms with Crippen molar-refractivity contribution in [3.63, 3.8) is 0 Å². The molecule has 1 N–H and O–H groups in total. The summed E-state index contributed by atoms with van der Waals surface area (Å²) in [6.07, 6.45) is 6.09. The van der Waals surface area contributed by atoms with Crippen molar-refractivity contribution in [1.82, 2.24) is 10.3 Å². The number of aromatic nitrogens is 1. The minimum Gasteiger partial charge on any atom is -0.497 e. The monoisotopic (exact) mass is 310 g/mol. The van der Waals surface area contributed by atoms with Gasteiger partial charge in [0, 0.05) is 24.2 Å². The first kappa shape index (κ1) is 15.5. The molecule has 1 amide bonds. The van der Waals surface area contributed by atoms with Gasteiger partial charge in [-0.2, -0.15) is 0 Å². The third kappa shape index (κ3) is 3.70. The Kier molecular flexibility index (Phi) is 4.91. The van der Waals surface area contributed by atoms with Gasteiger partial charge in [-0.05, 0) is 24.5 Å². The van der Waals surface area contributed by atoms with Crippen molar-refractivity contribution in [3.8, 4) is 5.75 Å². The molecule has 4 heteroatoms. The molecule has 1 aliphatic carbocycles. The maximum atomic E-state index is 12.5. The molecule has 1 aromatic carbocycles. The number of carbonyl (C=O) groups is 1. The molecule has 0 bridgehead atoms. The third-order valence-electron chi connectivity index (χ3n) is 4.51. The number of benzene rings is 1. The molecule has 120 valence electrons. The average molecular weight is 310 g/mol. The summed E-state index contributed by atoms with van der Waals surface area (Å²) in [5.41, 5.74) is 1.71. The smallest absolute Gasteiger partial charge is 0.270 e. The summed E-state index contributed by atoms with van der Waals surface area (Å²) in [6.45, 7) is 0. The molecule has 0 unspecified atom stereocenters. The van der Waals surface area contributed by atoms with Crippen LogP contribution in [0.3, 0.4) is 0 Å². The lowest BCUT2D eigenvalue weighted by atomic mass is 9.80. The Hall–Kier alpha value is -2.36. The second kappa shape index (κ2) is 7.27. The van der Waals surface area contributed by atoms with Crippen LogP contribution in [0.5, 0.6) is 5.75 Å². The lowest BCUT2D eigenvalue weighted by molar-refractivity contribution is 0.0915. The number of hydrogen-bond donors (Lipinski definition) is 1. The van der Waals surface area contributed by atoms with Crippen molar-refractivity contribution < 1.29 is 9.53 Å². The van der Waals surface area contributed by atoms with Crippen LogP contribution in [-0.4, -0.2) is 24.0 Å². The number of nitrogens with one attached hydrogen (secondary N) is 1. The van der Waals surface area contributed by atoms with E-state index in [4.69, 9.17) is 4.74 Å². The van der Waals surface area contributed by atoms with Gasteiger partial charge in [0.25, 0.3) is 5.91 Å². The van der Waals surface area contributed by atoms with Crippen molar-refractivity contribution in [2.45, 2.75) is 37.6 Å². The van der Waals surface area contributed by atoms with Crippen molar-refractivity contribution in [2.24, 2.45) is 0 Å². The molecule has 4 nitrogen and oxygen atoms in total. The molecule has 0 aliphatic heterocycles. The van der Waals surface area contributed by atoms with E-state index >= 15 is 0 Å². The number of methoxy groups -OCH3 is 1. The fourth-order valence-electron chi connectivity index (χ4n) is 3.31. The SMILES string of the molecule is COc1ccnc(C(=O)N[C@@H]2CCCC[C@H]2c2ccccc2)c1. The highest BCUT2D eigenvalue weighted by Crippen LogP contribution is 2.33. The van der Waals surface area contributed by atoms with Gasteiger partial charge in [-0.3, -0.25) is 9.78 Å². The van der Waals surface area contributed by atoms with Crippen molar-refractivity contribution >= 4 is 5.91 Å². The summed E-state index contributed by atoms with van der Waals surface area (Å²) in [5.74, 6) is 0.893. The zero-order valence-electron chi connectivity index (χ0n) is 13.4. The molecule has 1 aromatic heterocycles. The van der Waals surface area contributed by atoms with E-state index < -0.39 is 0 Å². The maximum absolute atomic E-state index is 12.5. The fourth-order valence-corrected chi connectivity index (χ4v) is 3.31. The zero-order valence-corrected chi connectivity index (χ0v) is 13.4. The van der Waals surface area contributed by atoms with E-state index in [2.05, 4.69) is 34.6 Å². The Bertz CT molecular complexity index is 657. The number of hydrogen-bond acceptors (Lipinski definition) is 3. The van der Waals surface area contributed by atoms with Gasteiger partial charge in [0.2, 0.25) is 0 Å². The molecular weight excluding hydrogens is 288 g/mol. The summed E-state index contributed by atoms with van der Waals surface area (Å²) in [4.78, 5) is 16.7. The number of pyridine rings is 1. The van der Waals surface area contributed by atoms with Gasteiger partial charge >= 0.3 is 0 Å². The van der Waals surface area contributed by atoms with E-state index in [1.165, 1.54) is 12.0 Å². The normalized spacial score (nSPS) is 20.7. The first-order valence-electron chi connectivity index (χ1n) is 8.14. The van der Waals surface area contributed by atoms with Gasteiger partial charge < -0.3 is 10.1 Å². The number of nitrogens with zero attached hydrogens (tertiary/aromatic N) is 1. The Morgan fingerprint density at radius 2 is 1.96 bits per heavy atom. The zero-order chi connectivity index (χ0) is 16.1. The second-order valence-corrected chi connectivity index (χ2v) is 5.96. The summed E-state index contributed by atoms with van der Waals surface area (Å²) in [7, 11) is 1.59. The van der Waals surface area contributed by atoms with Crippen molar-refractivity contribution in [2.75, 3.05) is 7.11 Å². The van der Waals surface area contributed by atoms with Gasteiger partial charge in [0.15, 0.2) is 0 Å². The largest absolute Gasteiger partial charge is 0.497 e. The minimum absolute atomic E-state index is 0.128. The Morgan fingerprint density at radius 1 is 1.17 bits per heavy atom. The van der Waals surface area contributed by atoms with Crippen LogP contribution in [0, 0.1) is 0 Å². The Morgan fingerprint density at radius 3 is 2.74 bits per heavy atom. The number of amides is 1. The summed E-state index contributed by atoms with van der Waals surface area (Å²) in [6, 6.07) is 14.0. The third-order valence-corrected chi connectivity index (χ3v) is 4.51.